The fourth-order valence-corrected chi connectivity index (χ4v) is 3.89. The van der Waals surface area contributed by atoms with E-state index in [0.717, 1.165) is 4.47 Å². The Morgan fingerprint density at radius 3 is 2.28 bits per heavy atom. The minimum atomic E-state index is -0.760. The van der Waals surface area contributed by atoms with Crippen LogP contribution in [0.1, 0.15) is 17.2 Å². The molecule has 0 radical (unpaired) electrons. The molecule has 1 N–H and O–H groups in total. The zero-order chi connectivity index (χ0) is 20.5. The van der Waals surface area contributed by atoms with Gasteiger partial charge < -0.3 is 5.11 Å². The van der Waals surface area contributed by atoms with Gasteiger partial charge in [0, 0.05) is 20.7 Å². The number of hydrogen-bond donors (Lipinski definition) is 1. The number of nitrogens with zero attached hydrogens (tertiary/aromatic N) is 1. The van der Waals surface area contributed by atoms with Crippen LogP contribution < -0.4 is 4.90 Å². The minimum absolute atomic E-state index is 0.0310. The summed E-state index contributed by atoms with van der Waals surface area (Å²) in [5.74, 6) is -1.68. The summed E-state index contributed by atoms with van der Waals surface area (Å²) < 4.78 is 0.868. The van der Waals surface area contributed by atoms with Gasteiger partial charge in [0.05, 0.1) is 11.6 Å². The Hall–Kier alpha value is -2.89. The molecule has 1 amide bonds. The van der Waals surface area contributed by atoms with Crippen molar-refractivity contribution in [3.05, 3.63) is 105 Å². The Bertz CT molecular complexity index is 1130. The molecule has 0 spiro atoms. The standard InChI is InChI=1S/C23H15BrClNO3/c24-16-11-9-14(10-12-16)20-19(21(27)15-5-4-6-17(25)13-15)22(28)23(29)26(20)18-7-2-1-3-8-18/h1-13,20,27H/b21-19-. The molecule has 1 unspecified atom stereocenters. The number of carbonyl (C=O) groups is 2. The Kier molecular flexibility index (Phi) is 5.26. The Morgan fingerprint density at radius 2 is 1.62 bits per heavy atom. The second-order valence-electron chi connectivity index (χ2n) is 6.57. The normalized spacial score (nSPS) is 18.3. The summed E-state index contributed by atoms with van der Waals surface area (Å²) in [6, 6.07) is 22.1. The van der Waals surface area contributed by atoms with Crippen LogP contribution in [0.4, 0.5) is 5.69 Å². The van der Waals surface area contributed by atoms with E-state index in [9.17, 15) is 14.7 Å². The molecule has 4 nitrogen and oxygen atoms in total. The van der Waals surface area contributed by atoms with E-state index in [2.05, 4.69) is 15.9 Å². The van der Waals surface area contributed by atoms with Gasteiger partial charge >= 0.3 is 0 Å². The van der Waals surface area contributed by atoms with Crippen molar-refractivity contribution in [2.45, 2.75) is 6.04 Å². The Balaban J connectivity index is 1.95. The zero-order valence-electron chi connectivity index (χ0n) is 15.0. The van der Waals surface area contributed by atoms with Crippen molar-refractivity contribution in [3.63, 3.8) is 0 Å². The molecule has 6 heteroatoms. The minimum Gasteiger partial charge on any atom is -0.507 e. The lowest BCUT2D eigenvalue weighted by molar-refractivity contribution is -0.132. The first-order valence-electron chi connectivity index (χ1n) is 8.85. The van der Waals surface area contributed by atoms with Gasteiger partial charge in [-0.2, -0.15) is 0 Å². The van der Waals surface area contributed by atoms with Gasteiger partial charge in [-0.25, -0.2) is 0 Å². The average molecular weight is 469 g/mol. The van der Waals surface area contributed by atoms with Crippen LogP contribution >= 0.6 is 27.5 Å². The third-order valence-corrected chi connectivity index (χ3v) is 5.53. The topological polar surface area (TPSA) is 57.6 Å². The maximum atomic E-state index is 13.0. The third-order valence-electron chi connectivity index (χ3n) is 4.76. The molecule has 1 saturated heterocycles. The van der Waals surface area contributed by atoms with Gasteiger partial charge in [-0.05, 0) is 42.0 Å². The molecule has 0 saturated carbocycles. The van der Waals surface area contributed by atoms with Crippen molar-refractivity contribution in [2.24, 2.45) is 0 Å². The van der Waals surface area contributed by atoms with Crippen LogP contribution in [0.3, 0.4) is 0 Å². The van der Waals surface area contributed by atoms with Crippen LogP contribution in [0.15, 0.2) is 88.9 Å². The number of hydrogen-bond acceptors (Lipinski definition) is 3. The summed E-state index contributed by atoms with van der Waals surface area (Å²) in [6.45, 7) is 0. The summed E-state index contributed by atoms with van der Waals surface area (Å²) in [7, 11) is 0. The molecular formula is C23H15BrClNO3. The summed E-state index contributed by atoms with van der Waals surface area (Å²) >= 11 is 9.46. The molecule has 3 aromatic carbocycles. The molecule has 0 aromatic heterocycles. The maximum absolute atomic E-state index is 13.0. The van der Waals surface area contributed by atoms with Crippen molar-refractivity contribution in [1.82, 2.24) is 0 Å². The first kappa shape index (κ1) is 19.4. The highest BCUT2D eigenvalue weighted by atomic mass is 79.9. The molecule has 0 bridgehead atoms. The lowest BCUT2D eigenvalue weighted by Gasteiger charge is -2.25. The smallest absolute Gasteiger partial charge is 0.300 e. The SMILES string of the molecule is O=C1C(=O)N(c2ccccc2)C(c2ccc(Br)cc2)/C1=C(/O)c1cccc(Cl)c1. The molecule has 144 valence electrons. The van der Waals surface area contributed by atoms with Gasteiger partial charge in [0.2, 0.25) is 0 Å². The van der Waals surface area contributed by atoms with E-state index >= 15 is 0 Å². The molecule has 29 heavy (non-hydrogen) atoms. The largest absolute Gasteiger partial charge is 0.507 e. The highest BCUT2D eigenvalue weighted by molar-refractivity contribution is 9.10. The summed E-state index contributed by atoms with van der Waals surface area (Å²) in [4.78, 5) is 27.4. The lowest BCUT2D eigenvalue weighted by Crippen LogP contribution is -2.29. The van der Waals surface area contributed by atoms with Crippen LogP contribution in [-0.4, -0.2) is 16.8 Å². The molecule has 1 aliphatic rings. The number of para-hydroxylation sites is 1. The molecule has 1 atom stereocenters. The molecular weight excluding hydrogens is 454 g/mol. The van der Waals surface area contributed by atoms with Crippen molar-refractivity contribution in [2.75, 3.05) is 4.90 Å². The van der Waals surface area contributed by atoms with Gasteiger partial charge in [-0.1, -0.05) is 70.0 Å². The summed E-state index contributed by atoms with van der Waals surface area (Å²) in [5.41, 5.74) is 1.70. The second kappa shape index (κ2) is 7.85. The van der Waals surface area contributed by atoms with Crippen LogP contribution in [0.25, 0.3) is 5.76 Å². The zero-order valence-corrected chi connectivity index (χ0v) is 17.4. The van der Waals surface area contributed by atoms with Crippen molar-refractivity contribution in [1.29, 1.82) is 0 Å². The van der Waals surface area contributed by atoms with E-state index in [4.69, 9.17) is 11.6 Å². The van der Waals surface area contributed by atoms with Crippen LogP contribution in [-0.2, 0) is 9.59 Å². The molecule has 4 rings (SSSR count). The van der Waals surface area contributed by atoms with E-state index in [1.54, 1.807) is 48.5 Å². The number of amides is 1. The predicted octanol–water partition coefficient (Wildman–Crippen LogP) is 5.73. The van der Waals surface area contributed by atoms with Crippen LogP contribution in [0.2, 0.25) is 5.02 Å². The predicted molar refractivity (Wildman–Crippen MR) is 117 cm³/mol. The number of rotatable bonds is 3. The van der Waals surface area contributed by atoms with Crippen molar-refractivity contribution < 1.29 is 14.7 Å². The first-order valence-corrected chi connectivity index (χ1v) is 10.0. The number of ketones is 1. The van der Waals surface area contributed by atoms with Crippen LogP contribution in [0, 0.1) is 0 Å². The molecule has 1 heterocycles. The molecule has 1 fully saturated rings. The van der Waals surface area contributed by atoms with E-state index in [0.29, 0.717) is 21.8 Å². The Morgan fingerprint density at radius 1 is 0.931 bits per heavy atom. The molecule has 3 aromatic rings. The monoisotopic (exact) mass is 467 g/mol. The fourth-order valence-electron chi connectivity index (χ4n) is 3.44. The average Bonchev–Trinajstić information content (AvgIpc) is 2.99. The lowest BCUT2D eigenvalue weighted by atomic mass is 9.95. The van der Waals surface area contributed by atoms with E-state index in [-0.39, 0.29) is 11.3 Å². The van der Waals surface area contributed by atoms with E-state index in [1.165, 1.54) is 4.90 Å². The number of carbonyl (C=O) groups excluding carboxylic acids is 2. The van der Waals surface area contributed by atoms with Crippen LogP contribution in [0.5, 0.6) is 0 Å². The van der Waals surface area contributed by atoms with E-state index in [1.807, 2.05) is 30.3 Å². The summed E-state index contributed by atoms with van der Waals surface area (Å²) in [6.07, 6.45) is 0. The first-order chi connectivity index (χ1) is 14.0. The highest BCUT2D eigenvalue weighted by Gasteiger charge is 2.46. The van der Waals surface area contributed by atoms with E-state index < -0.39 is 17.7 Å². The molecule has 0 aliphatic carbocycles. The highest BCUT2D eigenvalue weighted by Crippen LogP contribution is 2.42. The number of aliphatic hydroxyl groups excluding tert-OH is 1. The van der Waals surface area contributed by atoms with Gasteiger partial charge in [0.15, 0.2) is 0 Å². The number of anilines is 1. The number of Topliss-reactive ketones (excluding diaryl/α,β-unsaturated/α-hetero) is 1. The van der Waals surface area contributed by atoms with Crippen molar-refractivity contribution in [3.8, 4) is 0 Å². The number of benzene rings is 3. The third kappa shape index (κ3) is 3.59. The van der Waals surface area contributed by atoms with Gasteiger partial charge in [0.25, 0.3) is 11.7 Å². The van der Waals surface area contributed by atoms with Crippen molar-refractivity contribution >= 4 is 50.7 Å². The molecule has 1 aliphatic heterocycles. The second-order valence-corrected chi connectivity index (χ2v) is 7.92. The Labute approximate surface area is 181 Å². The number of halogens is 2. The maximum Gasteiger partial charge on any atom is 0.300 e. The number of aliphatic hydroxyl groups is 1. The summed E-state index contributed by atoms with van der Waals surface area (Å²) in [5, 5.41) is 11.4. The van der Waals surface area contributed by atoms with Gasteiger partial charge in [0.1, 0.15) is 5.76 Å². The van der Waals surface area contributed by atoms with Gasteiger partial charge in [-0.3, -0.25) is 14.5 Å². The van der Waals surface area contributed by atoms with Gasteiger partial charge in [-0.15, -0.1) is 0 Å². The quantitative estimate of drug-likeness (QED) is 0.303. The fraction of sp³-hybridized carbons (Fsp3) is 0.0435.